The van der Waals surface area contributed by atoms with E-state index in [-0.39, 0.29) is 16.9 Å². The SMILES string of the molecule is CC(NC(=O)c1cc(-n2nncc2C(F)(F)F)c2ncc(-c3ccc(Cl)s3)n2c1)c1nnc[nH]1. The van der Waals surface area contributed by atoms with E-state index in [1.807, 2.05) is 0 Å². The van der Waals surface area contributed by atoms with Gasteiger partial charge in [-0.25, -0.2) is 9.67 Å². The van der Waals surface area contributed by atoms with Gasteiger partial charge in [0.2, 0.25) is 0 Å². The second kappa shape index (κ2) is 8.22. The third-order valence-corrected chi connectivity index (χ3v) is 6.19. The summed E-state index contributed by atoms with van der Waals surface area (Å²) in [5.74, 6) is -0.133. The van der Waals surface area contributed by atoms with Crippen molar-refractivity contribution in [3.63, 3.8) is 0 Å². The molecule has 0 saturated heterocycles. The Morgan fingerprint density at radius 2 is 2.09 bits per heavy atom. The first kappa shape index (κ1) is 22.0. The van der Waals surface area contributed by atoms with Gasteiger partial charge in [0.15, 0.2) is 17.2 Å². The van der Waals surface area contributed by atoms with Gasteiger partial charge in [0.05, 0.1) is 38.9 Å². The number of carbonyl (C=O) groups is 1. The summed E-state index contributed by atoms with van der Waals surface area (Å²) >= 11 is 7.33. The molecule has 0 saturated carbocycles. The van der Waals surface area contributed by atoms with Crippen LogP contribution in [0.1, 0.15) is 34.8 Å². The average Bonchev–Trinajstić information content (AvgIpc) is 3.58. The summed E-state index contributed by atoms with van der Waals surface area (Å²) in [6, 6.07) is 4.19. The molecule has 5 aromatic rings. The van der Waals surface area contributed by atoms with Gasteiger partial charge in [0, 0.05) is 6.20 Å². The number of nitrogens with zero attached hydrogens (tertiary/aromatic N) is 7. The number of carbonyl (C=O) groups excluding carboxylic acids is 1. The Kier molecular flexibility index (Phi) is 5.32. The maximum atomic E-state index is 13.6. The van der Waals surface area contributed by atoms with Crippen molar-refractivity contribution < 1.29 is 18.0 Å². The molecule has 0 aliphatic carbocycles. The number of hydrogen-bond donors (Lipinski definition) is 2. The van der Waals surface area contributed by atoms with Gasteiger partial charge in [-0.2, -0.15) is 13.2 Å². The third kappa shape index (κ3) is 3.90. The van der Waals surface area contributed by atoms with E-state index in [1.165, 1.54) is 40.5 Å². The Morgan fingerprint density at radius 3 is 2.76 bits per heavy atom. The highest BCUT2D eigenvalue weighted by molar-refractivity contribution is 7.19. The van der Waals surface area contributed by atoms with Crippen LogP contribution in [0.3, 0.4) is 0 Å². The molecule has 174 valence electrons. The van der Waals surface area contributed by atoms with Crippen molar-refractivity contribution in [1.82, 2.24) is 44.9 Å². The smallest absolute Gasteiger partial charge is 0.342 e. The average molecular weight is 508 g/mol. The van der Waals surface area contributed by atoms with Gasteiger partial charge in [-0.1, -0.05) is 16.8 Å². The lowest BCUT2D eigenvalue weighted by Gasteiger charge is -2.14. The van der Waals surface area contributed by atoms with Crippen LogP contribution in [0.2, 0.25) is 4.34 Å². The first-order chi connectivity index (χ1) is 16.2. The number of imidazole rings is 1. The molecule has 0 radical (unpaired) electrons. The molecule has 5 heterocycles. The molecule has 1 atom stereocenters. The minimum absolute atomic E-state index is 0.0689. The fourth-order valence-corrected chi connectivity index (χ4v) is 4.41. The quantitative estimate of drug-likeness (QED) is 0.372. The first-order valence-electron chi connectivity index (χ1n) is 9.64. The predicted molar refractivity (Wildman–Crippen MR) is 116 cm³/mol. The zero-order valence-electron chi connectivity index (χ0n) is 17.1. The number of aromatic amines is 1. The van der Waals surface area contributed by atoms with Gasteiger partial charge in [-0.05, 0) is 25.1 Å². The second-order valence-electron chi connectivity index (χ2n) is 7.15. The van der Waals surface area contributed by atoms with E-state index in [0.29, 0.717) is 31.6 Å². The van der Waals surface area contributed by atoms with Crippen LogP contribution in [-0.2, 0) is 6.18 Å². The van der Waals surface area contributed by atoms with E-state index < -0.39 is 23.8 Å². The first-order valence-corrected chi connectivity index (χ1v) is 10.8. The van der Waals surface area contributed by atoms with Crippen molar-refractivity contribution in [3.05, 3.63) is 64.5 Å². The molecule has 15 heteroatoms. The van der Waals surface area contributed by atoms with Gasteiger partial charge < -0.3 is 10.3 Å². The topological polar surface area (TPSA) is 119 Å². The maximum Gasteiger partial charge on any atom is 0.435 e. The summed E-state index contributed by atoms with van der Waals surface area (Å²) in [5.41, 5.74) is -0.418. The van der Waals surface area contributed by atoms with E-state index in [1.54, 1.807) is 19.1 Å². The zero-order valence-corrected chi connectivity index (χ0v) is 18.7. The van der Waals surface area contributed by atoms with Crippen molar-refractivity contribution in [2.75, 3.05) is 0 Å². The highest BCUT2D eigenvalue weighted by atomic mass is 35.5. The van der Waals surface area contributed by atoms with Crippen molar-refractivity contribution in [1.29, 1.82) is 0 Å². The second-order valence-corrected chi connectivity index (χ2v) is 8.87. The maximum absolute atomic E-state index is 13.6. The predicted octanol–water partition coefficient (Wildman–Crippen LogP) is 3.92. The molecule has 0 bridgehead atoms. The molecule has 5 rings (SSSR count). The Bertz CT molecular complexity index is 1490. The van der Waals surface area contributed by atoms with Crippen LogP contribution in [0.4, 0.5) is 13.2 Å². The Labute approximate surface area is 197 Å². The van der Waals surface area contributed by atoms with E-state index in [2.05, 4.69) is 35.8 Å². The van der Waals surface area contributed by atoms with Crippen molar-refractivity contribution in [2.24, 2.45) is 0 Å². The molecule has 1 amide bonds. The number of pyridine rings is 1. The molecular weight excluding hydrogens is 495 g/mol. The van der Waals surface area contributed by atoms with Crippen molar-refractivity contribution in [3.8, 4) is 16.3 Å². The fraction of sp³-hybridized carbons (Fsp3) is 0.158. The lowest BCUT2D eigenvalue weighted by molar-refractivity contribution is -0.142. The summed E-state index contributed by atoms with van der Waals surface area (Å²) in [4.78, 5) is 20.9. The normalized spacial score (nSPS) is 12.9. The summed E-state index contributed by atoms with van der Waals surface area (Å²) in [6.45, 7) is 1.69. The van der Waals surface area contributed by atoms with Crippen LogP contribution < -0.4 is 5.32 Å². The van der Waals surface area contributed by atoms with Gasteiger partial charge in [-0.3, -0.25) is 9.20 Å². The van der Waals surface area contributed by atoms with Gasteiger partial charge in [0.1, 0.15) is 12.0 Å². The number of hydrogen-bond acceptors (Lipinski definition) is 7. The molecule has 5 aromatic heterocycles. The molecule has 34 heavy (non-hydrogen) atoms. The number of H-pyrrole nitrogens is 1. The number of aromatic nitrogens is 8. The molecule has 1 unspecified atom stereocenters. The van der Waals surface area contributed by atoms with Crippen molar-refractivity contribution in [2.45, 2.75) is 19.1 Å². The Hall–Kier alpha value is -3.78. The largest absolute Gasteiger partial charge is 0.435 e. The Morgan fingerprint density at radius 1 is 1.26 bits per heavy atom. The van der Waals surface area contributed by atoms with Crippen LogP contribution in [-0.4, -0.2) is 45.5 Å². The summed E-state index contributed by atoms with van der Waals surface area (Å²) in [6.07, 6.45) is 0.231. The lowest BCUT2D eigenvalue weighted by Crippen LogP contribution is -2.28. The van der Waals surface area contributed by atoms with Gasteiger partial charge in [0.25, 0.3) is 5.91 Å². The molecule has 0 fully saturated rings. The standard InChI is InChI=1S/C19H13ClF3N9OS/c1-9(16-25-8-27-29-16)28-18(33)10-4-11(32-14(6-26-30-32)19(21,22)23)17-24-5-12(31(17)7-10)13-2-3-15(20)34-13/h2-9H,1H3,(H,28,33)(H,25,27,29). The summed E-state index contributed by atoms with van der Waals surface area (Å²) in [7, 11) is 0. The van der Waals surface area contributed by atoms with Gasteiger partial charge >= 0.3 is 6.18 Å². The molecule has 10 nitrogen and oxygen atoms in total. The van der Waals surface area contributed by atoms with Crippen LogP contribution in [0.5, 0.6) is 0 Å². The molecule has 0 aliphatic heterocycles. The van der Waals surface area contributed by atoms with E-state index in [9.17, 15) is 18.0 Å². The van der Waals surface area contributed by atoms with Gasteiger partial charge in [-0.15, -0.1) is 26.6 Å². The number of amides is 1. The summed E-state index contributed by atoms with van der Waals surface area (Å²) < 4.78 is 43.4. The Balaban J connectivity index is 1.67. The monoisotopic (exact) mass is 507 g/mol. The van der Waals surface area contributed by atoms with Crippen LogP contribution in [0.15, 0.2) is 43.1 Å². The number of rotatable bonds is 5. The number of thiophene rings is 1. The van der Waals surface area contributed by atoms with Crippen LogP contribution in [0, 0.1) is 0 Å². The van der Waals surface area contributed by atoms with Crippen LogP contribution >= 0.6 is 22.9 Å². The molecule has 0 aliphatic rings. The number of alkyl halides is 3. The van der Waals surface area contributed by atoms with Crippen molar-refractivity contribution >= 4 is 34.5 Å². The highest BCUT2D eigenvalue weighted by Gasteiger charge is 2.37. The zero-order chi connectivity index (χ0) is 24.0. The number of halogens is 4. The molecule has 0 spiro atoms. The molecule has 0 aromatic carbocycles. The third-order valence-electron chi connectivity index (χ3n) is 4.94. The number of nitrogens with one attached hydrogen (secondary N) is 2. The van der Waals surface area contributed by atoms with E-state index >= 15 is 0 Å². The fourth-order valence-electron chi connectivity index (χ4n) is 3.36. The summed E-state index contributed by atoms with van der Waals surface area (Å²) in [5, 5.41) is 17.3. The highest BCUT2D eigenvalue weighted by Crippen LogP contribution is 2.34. The van der Waals surface area contributed by atoms with E-state index in [4.69, 9.17) is 11.6 Å². The minimum atomic E-state index is -4.73. The van der Waals surface area contributed by atoms with E-state index in [0.717, 1.165) is 0 Å². The number of fused-ring (bicyclic) bond motifs is 1. The molecular formula is C19H13ClF3N9OS. The minimum Gasteiger partial charge on any atom is -0.342 e. The lowest BCUT2D eigenvalue weighted by atomic mass is 10.2. The molecule has 2 N–H and O–H groups in total. The van der Waals surface area contributed by atoms with Crippen LogP contribution in [0.25, 0.3) is 21.9 Å².